The van der Waals surface area contributed by atoms with Crippen LogP contribution in [0.1, 0.15) is 0 Å². The molecule has 10 rings (SSSR count). The highest BCUT2D eigenvalue weighted by molar-refractivity contribution is 7.26. The molecular weight excluding hydrogens is 667 g/mol. The molecule has 0 aliphatic carbocycles. The van der Waals surface area contributed by atoms with Crippen LogP contribution in [0.3, 0.4) is 0 Å². The van der Waals surface area contributed by atoms with Gasteiger partial charge < -0.3 is 0 Å². The lowest BCUT2D eigenvalue weighted by Gasteiger charge is -2.11. The van der Waals surface area contributed by atoms with Crippen molar-refractivity contribution in [2.24, 2.45) is 0 Å². The van der Waals surface area contributed by atoms with E-state index in [1.54, 1.807) is 11.3 Å². The molecule has 0 saturated carbocycles. The lowest BCUT2D eigenvalue weighted by atomic mass is 10.0. The minimum atomic E-state index is 0.633. The summed E-state index contributed by atoms with van der Waals surface area (Å²) in [5.41, 5.74) is 8.99. The number of aromatic nitrogens is 5. The first-order valence-corrected chi connectivity index (χ1v) is 18.3. The molecule has 6 heteroatoms. The number of thiophene rings is 1. The van der Waals surface area contributed by atoms with Gasteiger partial charge in [0.1, 0.15) is 0 Å². The van der Waals surface area contributed by atoms with Gasteiger partial charge in [-0.3, -0.25) is 0 Å². The fourth-order valence-corrected chi connectivity index (χ4v) is 8.15. The van der Waals surface area contributed by atoms with Crippen LogP contribution in [0, 0.1) is 0 Å². The summed E-state index contributed by atoms with van der Waals surface area (Å²) in [5.74, 6) is 2.61. The average molecular weight is 696 g/mol. The van der Waals surface area contributed by atoms with Crippen LogP contribution in [-0.2, 0) is 0 Å². The van der Waals surface area contributed by atoms with Crippen molar-refractivity contribution < 1.29 is 0 Å². The summed E-state index contributed by atoms with van der Waals surface area (Å²) in [4.78, 5) is 25.5. The van der Waals surface area contributed by atoms with Crippen molar-refractivity contribution in [1.82, 2.24) is 24.9 Å². The van der Waals surface area contributed by atoms with E-state index < -0.39 is 0 Å². The topological polar surface area (TPSA) is 64.5 Å². The van der Waals surface area contributed by atoms with E-state index >= 15 is 0 Å². The highest BCUT2D eigenvalue weighted by atomic mass is 32.1. The Morgan fingerprint density at radius 1 is 0.321 bits per heavy atom. The smallest absolute Gasteiger partial charge is 0.164 e. The number of rotatable bonds is 6. The maximum atomic E-state index is 5.17. The molecule has 5 nitrogen and oxygen atoms in total. The molecular formula is C47H29N5S. The molecule has 0 N–H and O–H groups in total. The van der Waals surface area contributed by atoms with E-state index in [-0.39, 0.29) is 0 Å². The van der Waals surface area contributed by atoms with Crippen molar-refractivity contribution in [2.75, 3.05) is 0 Å². The molecule has 0 bridgehead atoms. The molecule has 0 unspecified atom stereocenters. The van der Waals surface area contributed by atoms with Gasteiger partial charge in [0.15, 0.2) is 23.3 Å². The Kier molecular flexibility index (Phi) is 7.59. The van der Waals surface area contributed by atoms with Crippen molar-refractivity contribution in [2.45, 2.75) is 0 Å². The van der Waals surface area contributed by atoms with E-state index in [1.165, 1.54) is 0 Å². The Hall–Kier alpha value is -6.89. The second kappa shape index (κ2) is 13.0. The summed E-state index contributed by atoms with van der Waals surface area (Å²) in [7, 11) is 0. The number of para-hydroxylation sites is 1. The minimum absolute atomic E-state index is 0.633. The predicted octanol–water partition coefficient (Wildman–Crippen LogP) is 12.2. The quantitative estimate of drug-likeness (QED) is 0.173. The fourth-order valence-electron chi connectivity index (χ4n) is 6.98. The Labute approximate surface area is 310 Å². The van der Waals surface area contributed by atoms with Crippen LogP contribution in [0.5, 0.6) is 0 Å². The largest absolute Gasteiger partial charge is 0.228 e. The van der Waals surface area contributed by atoms with Crippen molar-refractivity contribution in [3.05, 3.63) is 176 Å². The van der Waals surface area contributed by atoms with Crippen LogP contribution in [-0.4, -0.2) is 24.9 Å². The van der Waals surface area contributed by atoms with Crippen LogP contribution in [0.4, 0.5) is 0 Å². The second-order valence-electron chi connectivity index (χ2n) is 12.9. The van der Waals surface area contributed by atoms with Gasteiger partial charge in [0, 0.05) is 53.4 Å². The van der Waals surface area contributed by atoms with Gasteiger partial charge in [0.05, 0.1) is 11.2 Å². The maximum Gasteiger partial charge on any atom is 0.164 e. The Balaban J connectivity index is 1.13. The van der Waals surface area contributed by atoms with E-state index in [0.717, 1.165) is 75.7 Å². The number of hydrogen-bond donors (Lipinski definition) is 0. The lowest BCUT2D eigenvalue weighted by Crippen LogP contribution is -2.00. The van der Waals surface area contributed by atoms with Gasteiger partial charge in [-0.25, -0.2) is 24.9 Å². The first-order chi connectivity index (χ1) is 26.2. The zero-order valence-corrected chi connectivity index (χ0v) is 29.2. The molecule has 0 fully saturated rings. The number of nitrogens with zero attached hydrogens (tertiary/aromatic N) is 5. The first kappa shape index (κ1) is 30.9. The molecule has 3 aromatic heterocycles. The zero-order chi connectivity index (χ0) is 35.1. The van der Waals surface area contributed by atoms with E-state index in [2.05, 4.69) is 109 Å². The number of hydrogen-bond acceptors (Lipinski definition) is 6. The summed E-state index contributed by atoms with van der Waals surface area (Å²) in [6.45, 7) is 0. The van der Waals surface area contributed by atoms with Crippen molar-refractivity contribution in [1.29, 1.82) is 0 Å². The van der Waals surface area contributed by atoms with Crippen LogP contribution < -0.4 is 0 Å². The average Bonchev–Trinajstić information content (AvgIpc) is 3.62. The van der Waals surface area contributed by atoms with Gasteiger partial charge in [-0.1, -0.05) is 152 Å². The van der Waals surface area contributed by atoms with Crippen LogP contribution in [0.2, 0.25) is 0 Å². The summed E-state index contributed by atoms with van der Waals surface area (Å²) < 4.78 is 2.31. The normalized spacial score (nSPS) is 11.4. The van der Waals surface area contributed by atoms with Gasteiger partial charge in [0.25, 0.3) is 0 Å². The van der Waals surface area contributed by atoms with E-state index in [9.17, 15) is 0 Å². The molecule has 0 aliphatic heterocycles. The van der Waals surface area contributed by atoms with Gasteiger partial charge in [-0.2, -0.15) is 0 Å². The fraction of sp³-hybridized carbons (Fsp3) is 0. The lowest BCUT2D eigenvalue weighted by molar-refractivity contribution is 1.08. The minimum Gasteiger partial charge on any atom is -0.228 e. The third-order valence-electron chi connectivity index (χ3n) is 9.54. The van der Waals surface area contributed by atoms with Gasteiger partial charge >= 0.3 is 0 Å². The summed E-state index contributed by atoms with van der Waals surface area (Å²) in [5, 5.41) is 3.30. The van der Waals surface area contributed by atoms with Crippen LogP contribution >= 0.6 is 11.3 Å². The van der Waals surface area contributed by atoms with Crippen molar-refractivity contribution in [3.8, 4) is 67.9 Å². The number of fused-ring (bicyclic) bond motifs is 4. The van der Waals surface area contributed by atoms with Crippen LogP contribution in [0.15, 0.2) is 176 Å². The van der Waals surface area contributed by atoms with E-state index in [4.69, 9.17) is 24.9 Å². The molecule has 10 aromatic rings. The SMILES string of the molecule is c1ccc(-c2cccc(-c3nc(-c4ccccc4)nc(-c4cccc5sc6cc(-c7nc(-c8ccccc8)c8ccccc8n7)ccc6c45)n3)c2)cc1. The monoisotopic (exact) mass is 695 g/mol. The molecule has 0 atom stereocenters. The molecule has 0 amide bonds. The van der Waals surface area contributed by atoms with Gasteiger partial charge in [-0.15, -0.1) is 11.3 Å². The molecule has 0 saturated heterocycles. The summed E-state index contributed by atoms with van der Waals surface area (Å²) >= 11 is 1.76. The van der Waals surface area contributed by atoms with Crippen molar-refractivity contribution >= 4 is 42.4 Å². The maximum absolute atomic E-state index is 5.17. The third-order valence-corrected chi connectivity index (χ3v) is 10.7. The molecule has 0 radical (unpaired) electrons. The summed E-state index contributed by atoms with van der Waals surface area (Å²) in [6.07, 6.45) is 0. The van der Waals surface area contributed by atoms with E-state index in [0.29, 0.717) is 23.3 Å². The van der Waals surface area contributed by atoms with Crippen LogP contribution in [0.25, 0.3) is 99.0 Å². The third kappa shape index (κ3) is 5.72. The van der Waals surface area contributed by atoms with E-state index in [1.807, 2.05) is 66.7 Å². The van der Waals surface area contributed by atoms with Crippen molar-refractivity contribution in [3.63, 3.8) is 0 Å². The summed E-state index contributed by atoms with van der Waals surface area (Å²) in [6, 6.07) is 60.4. The zero-order valence-electron chi connectivity index (χ0n) is 28.4. The molecule has 248 valence electrons. The Morgan fingerprint density at radius 2 is 0.906 bits per heavy atom. The second-order valence-corrected chi connectivity index (χ2v) is 14.0. The molecule has 7 aromatic carbocycles. The Morgan fingerprint density at radius 3 is 1.70 bits per heavy atom. The Bertz CT molecular complexity index is 2940. The standard InChI is InChI=1S/C47H29N5S/c1-4-14-30(15-5-1)33-20-12-21-34(28-33)46-50-44(32-18-8-3-9-19-32)51-47(52-46)38-23-13-25-40-42(38)37-27-26-35(29-41(37)53-40)45-48-39-24-11-10-22-36(39)43(49-45)31-16-6-2-7-17-31/h1-29H. The molecule has 0 spiro atoms. The van der Waals surface area contributed by atoms with Gasteiger partial charge in [-0.05, 0) is 35.4 Å². The first-order valence-electron chi connectivity index (χ1n) is 17.5. The highest BCUT2D eigenvalue weighted by Gasteiger charge is 2.19. The molecule has 0 aliphatic rings. The molecule has 53 heavy (non-hydrogen) atoms. The highest BCUT2D eigenvalue weighted by Crippen LogP contribution is 2.41. The molecule has 3 heterocycles. The van der Waals surface area contributed by atoms with Gasteiger partial charge in [0.2, 0.25) is 0 Å². The predicted molar refractivity (Wildman–Crippen MR) is 218 cm³/mol. The number of benzene rings is 7.